The summed E-state index contributed by atoms with van der Waals surface area (Å²) in [6.07, 6.45) is 6.32. The first-order valence-corrected chi connectivity index (χ1v) is 9.03. The zero-order chi connectivity index (χ0) is 15.9. The number of rotatable bonds is 6. The summed E-state index contributed by atoms with van der Waals surface area (Å²) in [5.74, 6) is 0.0347. The first-order valence-electron chi connectivity index (χ1n) is 8.15. The summed E-state index contributed by atoms with van der Waals surface area (Å²) in [5.41, 5.74) is 0.632. The van der Waals surface area contributed by atoms with Crippen LogP contribution in [0.4, 0.5) is 0 Å². The molecule has 2 rings (SSSR count). The Morgan fingerprint density at radius 2 is 1.91 bits per heavy atom. The smallest absolute Gasteiger partial charge is 0.254 e. The van der Waals surface area contributed by atoms with Gasteiger partial charge in [-0.2, -0.15) is 0 Å². The maximum Gasteiger partial charge on any atom is 0.254 e. The van der Waals surface area contributed by atoms with E-state index in [0.29, 0.717) is 10.4 Å². The Morgan fingerprint density at radius 3 is 2.50 bits per heavy atom. The molecule has 0 radical (unpaired) electrons. The topological polar surface area (TPSA) is 40.6 Å². The monoisotopic (exact) mass is 322 g/mol. The number of ketones is 1. The maximum absolute atomic E-state index is 12.3. The zero-order valence-corrected chi connectivity index (χ0v) is 14.5. The van der Waals surface area contributed by atoms with Gasteiger partial charge in [0.05, 0.1) is 10.4 Å². The lowest BCUT2D eigenvalue weighted by Gasteiger charge is -2.22. The molecular weight excluding hydrogens is 296 g/mol. The van der Waals surface area contributed by atoms with E-state index < -0.39 is 0 Å². The zero-order valence-electron chi connectivity index (χ0n) is 13.6. The highest BCUT2D eigenvalue weighted by Gasteiger charge is 2.15. The van der Waals surface area contributed by atoms with Gasteiger partial charge < -0.3 is 9.80 Å². The van der Waals surface area contributed by atoms with Crippen LogP contribution in [-0.2, 0) is 0 Å². The van der Waals surface area contributed by atoms with Crippen molar-refractivity contribution in [3.05, 3.63) is 21.9 Å². The van der Waals surface area contributed by atoms with Crippen molar-refractivity contribution in [2.45, 2.75) is 39.0 Å². The van der Waals surface area contributed by atoms with Crippen molar-refractivity contribution in [2.75, 3.05) is 33.2 Å². The molecule has 2 heterocycles. The Labute approximate surface area is 137 Å². The van der Waals surface area contributed by atoms with E-state index in [2.05, 4.69) is 4.90 Å². The van der Waals surface area contributed by atoms with E-state index in [4.69, 9.17) is 0 Å². The second-order valence-corrected chi connectivity index (χ2v) is 7.00. The first-order chi connectivity index (χ1) is 10.6. The quantitative estimate of drug-likeness (QED) is 0.755. The Hall–Kier alpha value is -1.20. The van der Waals surface area contributed by atoms with Crippen LogP contribution in [0.1, 0.15) is 59.1 Å². The van der Waals surface area contributed by atoms with Gasteiger partial charge in [-0.1, -0.05) is 12.8 Å². The summed E-state index contributed by atoms with van der Waals surface area (Å²) < 4.78 is 0. The van der Waals surface area contributed by atoms with Crippen LogP contribution >= 0.6 is 11.3 Å². The Kier molecular flexibility index (Phi) is 6.58. The fourth-order valence-corrected chi connectivity index (χ4v) is 3.63. The molecular formula is C17H26N2O2S. The number of amides is 1. The number of likely N-dealkylation sites (tertiary alicyclic amines) is 1. The fraction of sp³-hybridized carbons (Fsp3) is 0.647. The van der Waals surface area contributed by atoms with E-state index in [1.165, 1.54) is 57.0 Å². The van der Waals surface area contributed by atoms with Gasteiger partial charge in [0.1, 0.15) is 0 Å². The Balaban J connectivity index is 1.76. The fourth-order valence-electron chi connectivity index (χ4n) is 2.85. The molecule has 1 aromatic heterocycles. The lowest BCUT2D eigenvalue weighted by atomic mass is 10.2. The lowest BCUT2D eigenvalue weighted by Crippen LogP contribution is -2.32. The van der Waals surface area contributed by atoms with Crippen molar-refractivity contribution < 1.29 is 9.59 Å². The van der Waals surface area contributed by atoms with E-state index in [0.717, 1.165) is 19.5 Å². The number of carbonyl (C=O) groups is 2. The molecule has 0 aliphatic carbocycles. The summed E-state index contributed by atoms with van der Waals surface area (Å²) in [7, 11) is 1.84. The predicted octanol–water partition coefficient (Wildman–Crippen LogP) is 3.29. The number of hydrogen-bond acceptors (Lipinski definition) is 4. The highest BCUT2D eigenvalue weighted by Crippen LogP contribution is 2.17. The van der Waals surface area contributed by atoms with Gasteiger partial charge in [0.25, 0.3) is 5.91 Å². The van der Waals surface area contributed by atoms with Gasteiger partial charge in [-0.3, -0.25) is 9.59 Å². The van der Waals surface area contributed by atoms with E-state index in [9.17, 15) is 9.59 Å². The van der Waals surface area contributed by atoms with Gasteiger partial charge in [-0.25, -0.2) is 0 Å². The molecule has 1 amide bonds. The van der Waals surface area contributed by atoms with Crippen molar-refractivity contribution in [2.24, 2.45) is 0 Å². The van der Waals surface area contributed by atoms with Crippen molar-refractivity contribution >= 4 is 23.0 Å². The molecule has 1 aliphatic rings. The summed E-state index contributed by atoms with van der Waals surface area (Å²) in [5, 5.41) is 1.78. The molecule has 5 heteroatoms. The van der Waals surface area contributed by atoms with Gasteiger partial charge in [0.2, 0.25) is 0 Å². The molecule has 1 aliphatic heterocycles. The molecule has 0 bridgehead atoms. The maximum atomic E-state index is 12.3. The standard InChI is InChI=1S/C17H26N2O2S/c1-14(20)16-12-15(13-22-16)17(21)18(2)8-7-11-19-9-5-3-4-6-10-19/h12-13H,3-11H2,1-2H3. The van der Waals surface area contributed by atoms with Crippen LogP contribution in [0.5, 0.6) is 0 Å². The molecule has 0 spiro atoms. The molecule has 1 aromatic rings. The molecule has 4 nitrogen and oxygen atoms in total. The molecule has 1 saturated heterocycles. The van der Waals surface area contributed by atoms with Crippen molar-refractivity contribution in [1.29, 1.82) is 0 Å². The summed E-state index contributed by atoms with van der Waals surface area (Å²) >= 11 is 1.35. The molecule has 1 fully saturated rings. The lowest BCUT2D eigenvalue weighted by molar-refractivity contribution is 0.0789. The van der Waals surface area contributed by atoms with E-state index in [1.807, 2.05) is 7.05 Å². The van der Waals surface area contributed by atoms with Crippen molar-refractivity contribution in [1.82, 2.24) is 9.80 Å². The van der Waals surface area contributed by atoms with Crippen molar-refractivity contribution in [3.8, 4) is 0 Å². The van der Waals surface area contributed by atoms with Crippen LogP contribution in [0.25, 0.3) is 0 Å². The molecule has 0 saturated carbocycles. The summed E-state index contributed by atoms with van der Waals surface area (Å²) in [6.45, 7) is 5.76. The van der Waals surface area contributed by atoms with Gasteiger partial charge in [0.15, 0.2) is 5.78 Å². The van der Waals surface area contributed by atoms with Crippen molar-refractivity contribution in [3.63, 3.8) is 0 Å². The van der Waals surface area contributed by atoms with Crippen LogP contribution in [0, 0.1) is 0 Å². The highest BCUT2D eigenvalue weighted by atomic mass is 32.1. The van der Waals surface area contributed by atoms with Crippen LogP contribution in [0.3, 0.4) is 0 Å². The van der Waals surface area contributed by atoms with E-state index >= 15 is 0 Å². The second-order valence-electron chi connectivity index (χ2n) is 6.09. The number of Topliss-reactive ketones (excluding diaryl/α,β-unsaturated/α-hetero) is 1. The minimum absolute atomic E-state index is 0.0135. The predicted molar refractivity (Wildman–Crippen MR) is 90.8 cm³/mol. The van der Waals surface area contributed by atoms with Crippen LogP contribution in [0.15, 0.2) is 11.4 Å². The second kappa shape index (κ2) is 8.44. The highest BCUT2D eigenvalue weighted by molar-refractivity contribution is 7.12. The third-order valence-corrected chi connectivity index (χ3v) is 5.24. The number of carbonyl (C=O) groups excluding carboxylic acids is 2. The van der Waals surface area contributed by atoms with E-state index in [1.54, 1.807) is 16.3 Å². The van der Waals surface area contributed by atoms with Gasteiger partial charge in [-0.05, 0) is 51.9 Å². The Bertz CT molecular complexity index is 505. The number of hydrogen-bond donors (Lipinski definition) is 0. The molecule has 0 unspecified atom stereocenters. The van der Waals surface area contributed by atoms with E-state index in [-0.39, 0.29) is 11.7 Å². The average Bonchev–Trinajstić information content (AvgIpc) is 2.85. The molecule has 22 heavy (non-hydrogen) atoms. The van der Waals surface area contributed by atoms with Gasteiger partial charge in [0, 0.05) is 19.0 Å². The van der Waals surface area contributed by atoms with Gasteiger partial charge >= 0.3 is 0 Å². The summed E-state index contributed by atoms with van der Waals surface area (Å²) in [6, 6.07) is 1.71. The summed E-state index contributed by atoms with van der Waals surface area (Å²) in [4.78, 5) is 28.6. The van der Waals surface area contributed by atoms with Gasteiger partial charge in [-0.15, -0.1) is 11.3 Å². The number of nitrogens with zero attached hydrogens (tertiary/aromatic N) is 2. The largest absolute Gasteiger partial charge is 0.342 e. The molecule has 0 N–H and O–H groups in total. The molecule has 122 valence electrons. The first kappa shape index (κ1) is 17.2. The third kappa shape index (κ3) is 4.92. The van der Waals surface area contributed by atoms with Crippen LogP contribution < -0.4 is 0 Å². The van der Waals surface area contributed by atoms with Crippen LogP contribution in [-0.4, -0.2) is 54.7 Å². The molecule has 0 atom stereocenters. The Morgan fingerprint density at radius 1 is 1.23 bits per heavy atom. The third-order valence-electron chi connectivity index (χ3n) is 4.21. The SMILES string of the molecule is CC(=O)c1cc(C(=O)N(C)CCCN2CCCCCC2)cs1. The number of thiophene rings is 1. The minimum Gasteiger partial charge on any atom is -0.342 e. The normalized spacial score (nSPS) is 16.3. The minimum atomic E-state index is 0.0135. The average molecular weight is 322 g/mol. The molecule has 0 aromatic carbocycles. The van der Waals surface area contributed by atoms with Crippen LogP contribution in [0.2, 0.25) is 0 Å².